The van der Waals surface area contributed by atoms with E-state index >= 15 is 0 Å². The second-order valence-electron chi connectivity index (χ2n) is 4.61. The fourth-order valence-electron chi connectivity index (χ4n) is 1.42. The van der Waals surface area contributed by atoms with Crippen LogP contribution in [0, 0.1) is 0 Å². The Bertz CT molecular complexity index is 382. The molecule has 0 spiro atoms. The first-order chi connectivity index (χ1) is 7.54. The van der Waals surface area contributed by atoms with Crippen LogP contribution >= 0.6 is 0 Å². The number of H-pyrrole nitrogens is 1. The molecule has 3 nitrogen and oxygen atoms in total. The SMILES string of the molecule is CCC(C)NCc1ccc(C(C)C)[nH]c1=O. The molecule has 0 aliphatic heterocycles. The summed E-state index contributed by atoms with van der Waals surface area (Å²) in [5.74, 6) is 0.365. The average Bonchev–Trinajstić information content (AvgIpc) is 2.26. The quantitative estimate of drug-likeness (QED) is 0.803. The van der Waals surface area contributed by atoms with E-state index in [1.165, 1.54) is 0 Å². The van der Waals surface area contributed by atoms with Crippen molar-refractivity contribution in [3.63, 3.8) is 0 Å². The number of aromatic nitrogens is 1. The van der Waals surface area contributed by atoms with Gasteiger partial charge in [-0.1, -0.05) is 26.8 Å². The summed E-state index contributed by atoms with van der Waals surface area (Å²) in [6, 6.07) is 4.37. The molecule has 0 aliphatic carbocycles. The molecule has 0 amide bonds. The van der Waals surface area contributed by atoms with Crippen molar-refractivity contribution in [3.05, 3.63) is 33.7 Å². The van der Waals surface area contributed by atoms with Gasteiger partial charge in [0.15, 0.2) is 0 Å². The first-order valence-electron chi connectivity index (χ1n) is 6.00. The van der Waals surface area contributed by atoms with E-state index in [9.17, 15) is 4.79 Å². The third-order valence-electron chi connectivity index (χ3n) is 2.89. The van der Waals surface area contributed by atoms with Crippen LogP contribution < -0.4 is 10.9 Å². The predicted molar refractivity (Wildman–Crippen MR) is 67.7 cm³/mol. The normalized spacial score (nSPS) is 13.1. The molecule has 0 bridgehead atoms. The van der Waals surface area contributed by atoms with Crippen molar-refractivity contribution in [2.75, 3.05) is 0 Å². The Balaban J connectivity index is 2.72. The molecular weight excluding hydrogens is 200 g/mol. The van der Waals surface area contributed by atoms with Crippen molar-refractivity contribution >= 4 is 0 Å². The summed E-state index contributed by atoms with van der Waals surface area (Å²) in [6.45, 7) is 9.04. The van der Waals surface area contributed by atoms with Gasteiger partial charge in [0, 0.05) is 23.8 Å². The van der Waals surface area contributed by atoms with E-state index in [2.05, 4.69) is 38.0 Å². The van der Waals surface area contributed by atoms with Gasteiger partial charge in [0.2, 0.25) is 0 Å². The van der Waals surface area contributed by atoms with E-state index in [-0.39, 0.29) is 5.56 Å². The molecule has 2 N–H and O–H groups in total. The molecule has 1 unspecified atom stereocenters. The van der Waals surface area contributed by atoms with Gasteiger partial charge in [0.25, 0.3) is 5.56 Å². The maximum absolute atomic E-state index is 11.7. The molecule has 3 heteroatoms. The summed E-state index contributed by atoms with van der Waals surface area (Å²) >= 11 is 0. The summed E-state index contributed by atoms with van der Waals surface area (Å²) < 4.78 is 0. The third kappa shape index (κ3) is 3.49. The summed E-state index contributed by atoms with van der Waals surface area (Å²) in [4.78, 5) is 14.7. The van der Waals surface area contributed by atoms with Crippen molar-refractivity contribution < 1.29 is 0 Å². The number of hydrogen-bond acceptors (Lipinski definition) is 2. The van der Waals surface area contributed by atoms with Crippen LogP contribution in [0.1, 0.15) is 51.3 Å². The lowest BCUT2D eigenvalue weighted by molar-refractivity contribution is 0.532. The largest absolute Gasteiger partial charge is 0.326 e. The third-order valence-corrected chi connectivity index (χ3v) is 2.89. The van der Waals surface area contributed by atoms with Gasteiger partial charge in [-0.3, -0.25) is 4.79 Å². The second-order valence-corrected chi connectivity index (χ2v) is 4.61. The van der Waals surface area contributed by atoms with E-state index in [0.29, 0.717) is 18.5 Å². The zero-order valence-corrected chi connectivity index (χ0v) is 10.6. The van der Waals surface area contributed by atoms with Crippen LogP contribution in [0.2, 0.25) is 0 Å². The molecule has 0 aromatic carbocycles. The summed E-state index contributed by atoms with van der Waals surface area (Å²) in [5, 5.41) is 3.32. The lowest BCUT2D eigenvalue weighted by Gasteiger charge is -2.11. The zero-order valence-electron chi connectivity index (χ0n) is 10.6. The highest BCUT2D eigenvalue weighted by Crippen LogP contribution is 2.09. The number of nitrogens with one attached hydrogen (secondary N) is 2. The number of hydrogen-bond donors (Lipinski definition) is 2. The highest BCUT2D eigenvalue weighted by Gasteiger charge is 2.05. The van der Waals surface area contributed by atoms with Crippen LogP contribution in [0.4, 0.5) is 0 Å². The molecule has 0 radical (unpaired) electrons. The topological polar surface area (TPSA) is 44.9 Å². The summed E-state index contributed by atoms with van der Waals surface area (Å²) in [7, 11) is 0. The van der Waals surface area contributed by atoms with E-state index < -0.39 is 0 Å². The van der Waals surface area contributed by atoms with E-state index in [1.54, 1.807) is 0 Å². The molecule has 0 fully saturated rings. The molecule has 1 aromatic heterocycles. The van der Waals surface area contributed by atoms with Crippen LogP contribution in [-0.4, -0.2) is 11.0 Å². The van der Waals surface area contributed by atoms with E-state index in [0.717, 1.165) is 17.7 Å². The number of rotatable bonds is 5. The van der Waals surface area contributed by atoms with Crippen molar-refractivity contribution in [1.29, 1.82) is 0 Å². The van der Waals surface area contributed by atoms with E-state index in [4.69, 9.17) is 0 Å². The molecular formula is C13H22N2O. The van der Waals surface area contributed by atoms with Crippen LogP contribution in [0.5, 0.6) is 0 Å². The molecule has 16 heavy (non-hydrogen) atoms. The van der Waals surface area contributed by atoms with Crippen molar-refractivity contribution in [3.8, 4) is 0 Å². The second kappa shape index (κ2) is 5.85. The van der Waals surface area contributed by atoms with Gasteiger partial charge in [0.1, 0.15) is 0 Å². The summed E-state index contributed by atoms with van der Waals surface area (Å²) in [6.07, 6.45) is 1.07. The van der Waals surface area contributed by atoms with E-state index in [1.807, 2.05) is 12.1 Å². The van der Waals surface area contributed by atoms with Gasteiger partial charge >= 0.3 is 0 Å². The standard InChI is InChI=1S/C13H22N2O/c1-5-10(4)14-8-11-6-7-12(9(2)3)15-13(11)16/h6-7,9-10,14H,5,8H2,1-4H3,(H,15,16). The minimum absolute atomic E-state index is 0.0296. The predicted octanol–water partition coefficient (Wildman–Crippen LogP) is 2.39. The Kier molecular flexibility index (Phi) is 4.74. The van der Waals surface area contributed by atoms with Crippen LogP contribution in [0.25, 0.3) is 0 Å². The van der Waals surface area contributed by atoms with Crippen LogP contribution in [-0.2, 0) is 6.54 Å². The Morgan fingerprint density at radius 3 is 2.50 bits per heavy atom. The number of aromatic amines is 1. The molecule has 1 rings (SSSR count). The van der Waals surface area contributed by atoms with Gasteiger partial charge < -0.3 is 10.3 Å². The van der Waals surface area contributed by atoms with Gasteiger partial charge in [-0.2, -0.15) is 0 Å². The van der Waals surface area contributed by atoms with Gasteiger partial charge in [0.05, 0.1) is 0 Å². The molecule has 0 saturated heterocycles. The summed E-state index contributed by atoms with van der Waals surface area (Å²) in [5.41, 5.74) is 1.84. The smallest absolute Gasteiger partial charge is 0.252 e. The Labute approximate surface area is 97.3 Å². The van der Waals surface area contributed by atoms with Gasteiger partial charge in [-0.15, -0.1) is 0 Å². The number of pyridine rings is 1. The monoisotopic (exact) mass is 222 g/mol. The first kappa shape index (κ1) is 13.0. The van der Waals surface area contributed by atoms with Crippen LogP contribution in [0.15, 0.2) is 16.9 Å². The Morgan fingerprint density at radius 1 is 1.31 bits per heavy atom. The highest BCUT2D eigenvalue weighted by molar-refractivity contribution is 5.16. The highest BCUT2D eigenvalue weighted by atomic mass is 16.1. The fourth-order valence-corrected chi connectivity index (χ4v) is 1.42. The minimum Gasteiger partial charge on any atom is -0.326 e. The molecule has 0 saturated carbocycles. The average molecular weight is 222 g/mol. The zero-order chi connectivity index (χ0) is 12.1. The van der Waals surface area contributed by atoms with Gasteiger partial charge in [-0.05, 0) is 25.3 Å². The fraction of sp³-hybridized carbons (Fsp3) is 0.615. The molecule has 1 aromatic rings. The van der Waals surface area contributed by atoms with Gasteiger partial charge in [-0.25, -0.2) is 0 Å². The maximum atomic E-state index is 11.7. The molecule has 90 valence electrons. The maximum Gasteiger partial charge on any atom is 0.252 e. The molecule has 1 heterocycles. The first-order valence-corrected chi connectivity index (χ1v) is 6.00. The molecule has 0 aliphatic rings. The van der Waals surface area contributed by atoms with Crippen molar-refractivity contribution in [2.45, 2.75) is 52.6 Å². The lowest BCUT2D eigenvalue weighted by atomic mass is 10.1. The lowest BCUT2D eigenvalue weighted by Crippen LogP contribution is -2.28. The minimum atomic E-state index is 0.0296. The van der Waals surface area contributed by atoms with Crippen LogP contribution in [0.3, 0.4) is 0 Å². The van der Waals surface area contributed by atoms with Crippen molar-refractivity contribution in [2.24, 2.45) is 0 Å². The van der Waals surface area contributed by atoms with Crippen molar-refractivity contribution in [1.82, 2.24) is 10.3 Å². The molecule has 1 atom stereocenters. The Morgan fingerprint density at radius 2 is 2.00 bits per heavy atom. The Hall–Kier alpha value is -1.09.